The number of carbonyl (C=O) groups is 1. The number of rotatable bonds is 2. The van der Waals surface area contributed by atoms with Gasteiger partial charge in [0.25, 0.3) is 0 Å². The Bertz CT molecular complexity index is 509. The van der Waals surface area contributed by atoms with E-state index in [9.17, 15) is 4.79 Å². The van der Waals surface area contributed by atoms with Gasteiger partial charge in [-0.1, -0.05) is 24.3 Å². The first kappa shape index (κ1) is 13.9. The van der Waals surface area contributed by atoms with Crippen LogP contribution in [0.4, 0.5) is 0 Å². The molecule has 1 aromatic carbocycles. The van der Waals surface area contributed by atoms with Gasteiger partial charge in [-0.25, -0.2) is 0 Å². The van der Waals surface area contributed by atoms with Crippen molar-refractivity contribution in [1.29, 1.82) is 0 Å². The molecule has 2 unspecified atom stereocenters. The summed E-state index contributed by atoms with van der Waals surface area (Å²) in [6.07, 6.45) is 3.00. The van der Waals surface area contributed by atoms with E-state index in [1.165, 1.54) is 11.1 Å². The molecule has 20 heavy (non-hydrogen) atoms. The van der Waals surface area contributed by atoms with Crippen molar-refractivity contribution in [1.82, 2.24) is 5.32 Å². The van der Waals surface area contributed by atoms with Crippen LogP contribution in [0.2, 0.25) is 0 Å². The predicted octanol–water partition coefficient (Wildman–Crippen LogP) is 2.82. The molecule has 1 fully saturated rings. The third kappa shape index (κ3) is 2.33. The molecule has 3 rings (SSSR count). The molecule has 0 bridgehead atoms. The highest BCUT2D eigenvalue weighted by Crippen LogP contribution is 2.51. The van der Waals surface area contributed by atoms with Crippen LogP contribution in [0, 0.1) is 5.41 Å². The molecular weight excluding hydrogens is 274 g/mol. The summed E-state index contributed by atoms with van der Waals surface area (Å²) < 4.78 is 5.52. The zero-order chi connectivity index (χ0) is 14.2. The molecule has 1 saturated heterocycles. The molecule has 0 saturated carbocycles. The van der Waals surface area contributed by atoms with Crippen molar-refractivity contribution < 1.29 is 9.53 Å². The third-order valence-electron chi connectivity index (χ3n) is 4.66. The number of carbonyl (C=O) groups excluding carboxylic acids is 1. The van der Waals surface area contributed by atoms with E-state index in [-0.39, 0.29) is 17.4 Å². The standard InChI is InChI=1S/C16H20ClNO2/c1-11(17)15(19)18-14-13-5-3-2-4-12(13)10-16(14)6-8-20-9-7-16/h2-5,11,14H,6-10H2,1H3,(H,18,19). The largest absolute Gasteiger partial charge is 0.381 e. The molecular formula is C16H20ClNO2. The number of hydrogen-bond donors (Lipinski definition) is 1. The summed E-state index contributed by atoms with van der Waals surface area (Å²) in [5, 5.41) is 2.67. The molecule has 1 aliphatic heterocycles. The van der Waals surface area contributed by atoms with Gasteiger partial charge in [0.05, 0.1) is 6.04 Å². The second kappa shape index (κ2) is 5.38. The Morgan fingerprint density at radius 3 is 2.80 bits per heavy atom. The van der Waals surface area contributed by atoms with Gasteiger partial charge in [0.1, 0.15) is 5.38 Å². The molecule has 108 valence electrons. The van der Waals surface area contributed by atoms with Crippen molar-refractivity contribution in [2.75, 3.05) is 13.2 Å². The Kier molecular flexibility index (Phi) is 3.74. The number of fused-ring (bicyclic) bond motifs is 1. The van der Waals surface area contributed by atoms with Gasteiger partial charge in [0.15, 0.2) is 0 Å². The number of amides is 1. The second-order valence-corrected chi connectivity index (χ2v) is 6.56. The van der Waals surface area contributed by atoms with Crippen LogP contribution in [0.3, 0.4) is 0 Å². The van der Waals surface area contributed by atoms with E-state index in [1.807, 2.05) is 6.07 Å². The van der Waals surface area contributed by atoms with E-state index in [1.54, 1.807) is 6.92 Å². The fraction of sp³-hybridized carbons (Fsp3) is 0.562. The number of nitrogens with one attached hydrogen (secondary N) is 1. The first-order chi connectivity index (χ1) is 9.62. The molecule has 1 aromatic rings. The maximum absolute atomic E-state index is 12.1. The van der Waals surface area contributed by atoms with Crippen molar-refractivity contribution in [2.45, 2.75) is 37.6 Å². The first-order valence-corrected chi connectivity index (χ1v) is 7.66. The predicted molar refractivity (Wildman–Crippen MR) is 78.8 cm³/mol. The molecule has 1 spiro atoms. The van der Waals surface area contributed by atoms with Crippen molar-refractivity contribution in [3.63, 3.8) is 0 Å². The van der Waals surface area contributed by atoms with Gasteiger partial charge in [-0.2, -0.15) is 0 Å². The topological polar surface area (TPSA) is 38.3 Å². The van der Waals surface area contributed by atoms with Crippen molar-refractivity contribution in [3.8, 4) is 0 Å². The summed E-state index contributed by atoms with van der Waals surface area (Å²) >= 11 is 5.92. The van der Waals surface area contributed by atoms with Crippen LogP contribution in [0.15, 0.2) is 24.3 Å². The van der Waals surface area contributed by atoms with Crippen LogP contribution in [0.1, 0.15) is 36.9 Å². The van der Waals surface area contributed by atoms with Gasteiger partial charge in [0.2, 0.25) is 5.91 Å². The molecule has 1 amide bonds. The lowest BCUT2D eigenvalue weighted by atomic mass is 9.74. The highest BCUT2D eigenvalue weighted by molar-refractivity contribution is 6.30. The number of alkyl halides is 1. The van der Waals surface area contributed by atoms with Crippen molar-refractivity contribution in [2.24, 2.45) is 5.41 Å². The fourth-order valence-corrected chi connectivity index (χ4v) is 3.58. The van der Waals surface area contributed by atoms with E-state index in [2.05, 4.69) is 23.5 Å². The summed E-state index contributed by atoms with van der Waals surface area (Å²) in [6.45, 7) is 3.27. The average molecular weight is 294 g/mol. The van der Waals surface area contributed by atoms with E-state index < -0.39 is 5.38 Å². The molecule has 1 aliphatic carbocycles. The Morgan fingerprint density at radius 1 is 1.40 bits per heavy atom. The minimum Gasteiger partial charge on any atom is -0.381 e. The van der Waals surface area contributed by atoms with Gasteiger partial charge in [-0.05, 0) is 37.3 Å². The second-order valence-electron chi connectivity index (χ2n) is 5.91. The molecule has 0 aromatic heterocycles. The van der Waals surface area contributed by atoms with Gasteiger partial charge >= 0.3 is 0 Å². The van der Waals surface area contributed by atoms with Crippen LogP contribution < -0.4 is 5.32 Å². The minimum absolute atomic E-state index is 0.0660. The molecule has 1 N–H and O–H groups in total. The summed E-state index contributed by atoms with van der Waals surface area (Å²) in [6, 6.07) is 8.48. The van der Waals surface area contributed by atoms with Crippen LogP contribution in [-0.4, -0.2) is 24.5 Å². The van der Waals surface area contributed by atoms with E-state index in [0.717, 1.165) is 32.5 Å². The number of benzene rings is 1. The lowest BCUT2D eigenvalue weighted by molar-refractivity contribution is -0.122. The van der Waals surface area contributed by atoms with Crippen LogP contribution in [0.25, 0.3) is 0 Å². The summed E-state index contributed by atoms with van der Waals surface area (Å²) in [7, 11) is 0. The highest BCUT2D eigenvalue weighted by atomic mass is 35.5. The third-order valence-corrected chi connectivity index (χ3v) is 4.86. The summed E-state index contributed by atoms with van der Waals surface area (Å²) in [4.78, 5) is 12.1. The highest BCUT2D eigenvalue weighted by Gasteiger charge is 2.47. The number of halogens is 1. The zero-order valence-electron chi connectivity index (χ0n) is 11.7. The molecule has 3 nitrogen and oxygen atoms in total. The summed E-state index contributed by atoms with van der Waals surface area (Å²) in [5.41, 5.74) is 2.70. The lowest BCUT2D eigenvalue weighted by Crippen LogP contribution is -2.44. The minimum atomic E-state index is -0.500. The van der Waals surface area contributed by atoms with Crippen LogP contribution in [0.5, 0.6) is 0 Å². The Balaban J connectivity index is 1.93. The number of ether oxygens (including phenoxy) is 1. The maximum Gasteiger partial charge on any atom is 0.238 e. The molecule has 0 radical (unpaired) electrons. The Labute approximate surface area is 124 Å². The van der Waals surface area contributed by atoms with E-state index in [0.29, 0.717) is 0 Å². The number of hydrogen-bond acceptors (Lipinski definition) is 2. The Morgan fingerprint density at radius 2 is 2.10 bits per heavy atom. The first-order valence-electron chi connectivity index (χ1n) is 7.22. The summed E-state index contributed by atoms with van der Waals surface area (Å²) in [5.74, 6) is -0.0840. The maximum atomic E-state index is 12.1. The van der Waals surface area contributed by atoms with Crippen molar-refractivity contribution >= 4 is 17.5 Å². The van der Waals surface area contributed by atoms with Crippen LogP contribution >= 0.6 is 11.6 Å². The van der Waals surface area contributed by atoms with Gasteiger partial charge in [0, 0.05) is 18.6 Å². The molecule has 4 heteroatoms. The van der Waals surface area contributed by atoms with Gasteiger partial charge < -0.3 is 10.1 Å². The fourth-order valence-electron chi connectivity index (χ4n) is 3.52. The van der Waals surface area contributed by atoms with Gasteiger partial charge in [-0.15, -0.1) is 11.6 Å². The molecule has 1 heterocycles. The smallest absolute Gasteiger partial charge is 0.238 e. The SMILES string of the molecule is CC(Cl)C(=O)NC1c2ccccc2CC12CCOCC2. The van der Waals surface area contributed by atoms with Crippen LogP contribution in [-0.2, 0) is 16.0 Å². The zero-order valence-corrected chi connectivity index (χ0v) is 12.5. The van der Waals surface area contributed by atoms with E-state index >= 15 is 0 Å². The molecule has 2 aliphatic rings. The molecule has 2 atom stereocenters. The quantitative estimate of drug-likeness (QED) is 0.852. The van der Waals surface area contributed by atoms with Gasteiger partial charge in [-0.3, -0.25) is 4.79 Å². The van der Waals surface area contributed by atoms with E-state index in [4.69, 9.17) is 16.3 Å². The Hall–Kier alpha value is -1.06. The average Bonchev–Trinajstić information content (AvgIpc) is 2.73. The monoisotopic (exact) mass is 293 g/mol. The van der Waals surface area contributed by atoms with Crippen molar-refractivity contribution in [3.05, 3.63) is 35.4 Å². The lowest BCUT2D eigenvalue weighted by Gasteiger charge is -2.39. The normalized spacial score (nSPS) is 25.2.